The molecule has 2 N–H and O–H groups in total. The van der Waals surface area contributed by atoms with Crippen LogP contribution in [0.25, 0.3) is 22.8 Å². The smallest absolute Gasteiger partial charge is 0.243 e. The molecule has 2 heterocycles. The van der Waals surface area contributed by atoms with E-state index in [1.165, 1.54) is 4.90 Å². The van der Waals surface area contributed by atoms with E-state index in [2.05, 4.69) is 9.97 Å². The third-order valence-corrected chi connectivity index (χ3v) is 4.05. The van der Waals surface area contributed by atoms with Crippen LogP contribution in [0.1, 0.15) is 13.8 Å². The van der Waals surface area contributed by atoms with E-state index in [0.29, 0.717) is 11.5 Å². The SMILES string of the molecule is CC(C)N(CC(N)=O)C(=O)Cn1ccc2nc(-c3ccccc3)nc-2c1. The molecule has 2 amide bonds. The van der Waals surface area contributed by atoms with E-state index >= 15 is 0 Å². The zero-order chi connectivity index (χ0) is 18.7. The fourth-order valence-corrected chi connectivity index (χ4v) is 2.74. The molecular formula is C19H21N5O2. The number of aromatic nitrogens is 3. The Bertz CT molecular complexity index is 888. The first-order chi connectivity index (χ1) is 12.4. The standard InChI is InChI=1S/C19H21N5O2/c1-13(2)24(11-17(20)25)18(26)12-23-9-8-15-16(10-23)22-19(21-15)14-6-4-3-5-7-14/h3-10,13H,11-12H2,1-2H3,(H2,20,25). The van der Waals surface area contributed by atoms with E-state index in [-0.39, 0.29) is 25.0 Å². The lowest BCUT2D eigenvalue weighted by atomic mass is 10.2. The highest BCUT2D eigenvalue weighted by molar-refractivity contribution is 5.84. The second kappa shape index (κ2) is 7.35. The van der Waals surface area contributed by atoms with Gasteiger partial charge in [-0.3, -0.25) is 9.59 Å². The van der Waals surface area contributed by atoms with E-state index in [9.17, 15) is 9.59 Å². The normalized spacial score (nSPS) is 11.0. The highest BCUT2D eigenvalue weighted by Crippen LogP contribution is 2.24. The van der Waals surface area contributed by atoms with E-state index in [4.69, 9.17) is 5.73 Å². The molecule has 7 heteroatoms. The summed E-state index contributed by atoms with van der Waals surface area (Å²) in [7, 11) is 0. The number of nitrogens with two attached hydrogens (primary N) is 1. The number of primary amides is 1. The number of fused-ring (bicyclic) bond motifs is 1. The fourth-order valence-electron chi connectivity index (χ4n) is 2.74. The second-order valence-corrected chi connectivity index (χ2v) is 6.38. The first-order valence-electron chi connectivity index (χ1n) is 8.41. The second-order valence-electron chi connectivity index (χ2n) is 6.38. The molecular weight excluding hydrogens is 330 g/mol. The van der Waals surface area contributed by atoms with Crippen molar-refractivity contribution in [1.29, 1.82) is 0 Å². The summed E-state index contributed by atoms with van der Waals surface area (Å²) in [5, 5.41) is 0. The fraction of sp³-hybridized carbons (Fsp3) is 0.263. The maximum atomic E-state index is 12.5. The van der Waals surface area contributed by atoms with Crippen LogP contribution in [0, 0.1) is 0 Å². The Morgan fingerprint density at radius 3 is 2.46 bits per heavy atom. The summed E-state index contributed by atoms with van der Waals surface area (Å²) in [4.78, 5) is 34.2. The lowest BCUT2D eigenvalue weighted by molar-refractivity contribution is -0.137. The summed E-state index contributed by atoms with van der Waals surface area (Å²) in [6.45, 7) is 3.72. The molecule has 2 aliphatic heterocycles. The van der Waals surface area contributed by atoms with Gasteiger partial charge in [0, 0.05) is 24.0 Å². The Morgan fingerprint density at radius 2 is 1.81 bits per heavy atom. The largest absolute Gasteiger partial charge is 0.368 e. The van der Waals surface area contributed by atoms with Gasteiger partial charge < -0.3 is 15.2 Å². The van der Waals surface area contributed by atoms with E-state index in [0.717, 1.165) is 11.3 Å². The molecule has 2 aliphatic rings. The average Bonchev–Trinajstić information content (AvgIpc) is 3.03. The highest BCUT2D eigenvalue weighted by atomic mass is 16.2. The molecule has 0 radical (unpaired) electrons. The van der Waals surface area contributed by atoms with Crippen LogP contribution >= 0.6 is 0 Å². The molecule has 26 heavy (non-hydrogen) atoms. The van der Waals surface area contributed by atoms with Crippen molar-refractivity contribution in [1.82, 2.24) is 19.4 Å². The van der Waals surface area contributed by atoms with Gasteiger partial charge in [-0.1, -0.05) is 30.3 Å². The topological polar surface area (TPSA) is 94.1 Å². The van der Waals surface area contributed by atoms with Crippen molar-refractivity contribution in [3.05, 3.63) is 48.8 Å². The van der Waals surface area contributed by atoms with Crippen LogP contribution in [0.5, 0.6) is 0 Å². The molecule has 0 fully saturated rings. The Kier molecular flexibility index (Phi) is 4.97. The summed E-state index contributed by atoms with van der Waals surface area (Å²) < 4.78 is 1.74. The van der Waals surface area contributed by atoms with Crippen molar-refractivity contribution in [2.45, 2.75) is 26.4 Å². The number of rotatable bonds is 6. The molecule has 1 aromatic carbocycles. The minimum Gasteiger partial charge on any atom is -0.368 e. The number of imidazole rings is 1. The van der Waals surface area contributed by atoms with E-state index in [1.54, 1.807) is 17.0 Å². The van der Waals surface area contributed by atoms with Crippen LogP contribution in [0.15, 0.2) is 48.8 Å². The average molecular weight is 351 g/mol. The zero-order valence-electron chi connectivity index (χ0n) is 14.8. The quantitative estimate of drug-likeness (QED) is 0.732. The van der Waals surface area contributed by atoms with Gasteiger partial charge in [-0.2, -0.15) is 0 Å². The van der Waals surface area contributed by atoms with Gasteiger partial charge in [-0.25, -0.2) is 9.97 Å². The number of carbonyl (C=O) groups excluding carboxylic acids is 2. The van der Waals surface area contributed by atoms with Crippen molar-refractivity contribution in [3.8, 4) is 22.8 Å². The molecule has 0 aromatic heterocycles. The van der Waals surface area contributed by atoms with Crippen molar-refractivity contribution in [3.63, 3.8) is 0 Å². The Balaban J connectivity index is 1.82. The van der Waals surface area contributed by atoms with Crippen molar-refractivity contribution < 1.29 is 9.59 Å². The van der Waals surface area contributed by atoms with Gasteiger partial charge in [0.25, 0.3) is 0 Å². The van der Waals surface area contributed by atoms with E-state index < -0.39 is 5.91 Å². The number of nitrogens with zero attached hydrogens (tertiary/aromatic N) is 4. The van der Waals surface area contributed by atoms with Gasteiger partial charge in [-0.15, -0.1) is 0 Å². The van der Waals surface area contributed by atoms with Gasteiger partial charge in [-0.05, 0) is 19.9 Å². The molecule has 134 valence electrons. The Morgan fingerprint density at radius 1 is 1.12 bits per heavy atom. The first-order valence-corrected chi connectivity index (χ1v) is 8.41. The van der Waals surface area contributed by atoms with Crippen molar-refractivity contribution in [2.24, 2.45) is 5.73 Å². The molecule has 0 bridgehead atoms. The molecule has 0 spiro atoms. The monoisotopic (exact) mass is 351 g/mol. The van der Waals surface area contributed by atoms with Gasteiger partial charge in [0.15, 0.2) is 5.82 Å². The number of hydrogen-bond acceptors (Lipinski definition) is 4. The van der Waals surface area contributed by atoms with Crippen LogP contribution in [0.4, 0.5) is 0 Å². The molecule has 0 saturated heterocycles. The third-order valence-electron chi connectivity index (χ3n) is 4.05. The number of amides is 2. The van der Waals surface area contributed by atoms with Crippen LogP contribution in [0.3, 0.4) is 0 Å². The van der Waals surface area contributed by atoms with Gasteiger partial charge in [0.1, 0.15) is 12.2 Å². The number of hydrogen-bond donors (Lipinski definition) is 1. The predicted octanol–water partition coefficient (Wildman–Crippen LogP) is 1.77. The zero-order valence-corrected chi connectivity index (χ0v) is 14.8. The van der Waals surface area contributed by atoms with Gasteiger partial charge in [0.05, 0.1) is 12.2 Å². The maximum absolute atomic E-state index is 12.5. The summed E-state index contributed by atoms with van der Waals surface area (Å²) in [6.07, 6.45) is 3.57. The molecule has 7 nitrogen and oxygen atoms in total. The Labute approximate surface area is 151 Å². The van der Waals surface area contributed by atoms with E-state index in [1.807, 2.05) is 50.2 Å². The number of pyridine rings is 1. The number of carbonyl (C=O) groups is 2. The maximum Gasteiger partial charge on any atom is 0.243 e. The summed E-state index contributed by atoms with van der Waals surface area (Å²) in [6, 6.07) is 11.5. The number of benzene rings is 1. The van der Waals surface area contributed by atoms with Crippen LogP contribution in [-0.4, -0.2) is 43.8 Å². The molecule has 0 aliphatic carbocycles. The van der Waals surface area contributed by atoms with Gasteiger partial charge in [0.2, 0.25) is 11.8 Å². The first kappa shape index (κ1) is 17.6. The summed E-state index contributed by atoms with van der Waals surface area (Å²) >= 11 is 0. The van der Waals surface area contributed by atoms with Crippen molar-refractivity contribution >= 4 is 11.8 Å². The molecule has 0 atom stereocenters. The molecule has 3 rings (SSSR count). The third kappa shape index (κ3) is 3.88. The lowest BCUT2D eigenvalue weighted by Crippen LogP contribution is -2.44. The molecule has 0 unspecified atom stereocenters. The molecule has 1 aromatic rings. The summed E-state index contributed by atoms with van der Waals surface area (Å²) in [5.41, 5.74) is 7.66. The summed E-state index contributed by atoms with van der Waals surface area (Å²) in [5.74, 6) is -0.0462. The van der Waals surface area contributed by atoms with Gasteiger partial charge >= 0.3 is 0 Å². The lowest BCUT2D eigenvalue weighted by Gasteiger charge is -2.25. The van der Waals surface area contributed by atoms with Crippen LogP contribution in [-0.2, 0) is 16.1 Å². The minimum atomic E-state index is -0.526. The predicted molar refractivity (Wildman–Crippen MR) is 98.1 cm³/mol. The Hall–Kier alpha value is -3.22. The highest BCUT2D eigenvalue weighted by Gasteiger charge is 2.20. The minimum absolute atomic E-state index is 0.0896. The van der Waals surface area contributed by atoms with Crippen LogP contribution < -0.4 is 5.73 Å². The van der Waals surface area contributed by atoms with Crippen molar-refractivity contribution in [2.75, 3.05) is 6.54 Å². The van der Waals surface area contributed by atoms with Crippen LogP contribution in [0.2, 0.25) is 0 Å². The molecule has 0 saturated carbocycles.